The summed E-state index contributed by atoms with van der Waals surface area (Å²) in [6.45, 7) is 0.0206. The second-order valence-electron chi connectivity index (χ2n) is 1.61. The van der Waals surface area contributed by atoms with E-state index in [1.807, 2.05) is 0 Å². The summed E-state index contributed by atoms with van der Waals surface area (Å²) in [6.07, 6.45) is -1.37. The second-order valence-corrected chi connectivity index (χ2v) is 1.61. The molecule has 0 radical (unpaired) electrons. The molecule has 0 amide bonds. The van der Waals surface area contributed by atoms with E-state index in [0.29, 0.717) is 12.8 Å². The molecule has 0 spiro atoms. The van der Waals surface area contributed by atoms with Gasteiger partial charge in [-0.1, -0.05) is 0 Å². The Morgan fingerprint density at radius 2 is 1.88 bits per heavy atom. The molecule has 50 valence electrons. The summed E-state index contributed by atoms with van der Waals surface area (Å²) in [5.74, 6) is 0. The Morgan fingerprint density at radius 1 is 1.25 bits per heavy atom. The van der Waals surface area contributed by atoms with Crippen LogP contribution in [-0.4, -0.2) is 18.1 Å². The molecular weight excluding hydrogens is 114 g/mol. The van der Waals surface area contributed by atoms with E-state index in [0.717, 1.165) is 0 Å². The molecule has 0 atom stereocenters. The van der Waals surface area contributed by atoms with Crippen molar-refractivity contribution in [3.63, 3.8) is 0 Å². The van der Waals surface area contributed by atoms with E-state index in [9.17, 15) is 8.78 Å². The highest BCUT2D eigenvalue weighted by Gasteiger charge is 1.99. The van der Waals surface area contributed by atoms with Gasteiger partial charge in [0.1, 0.15) is 0 Å². The predicted octanol–water partition coefficient (Wildman–Crippen LogP) is 1.41. The smallest absolute Gasteiger partial charge is 0.238 e. The first-order valence-corrected chi connectivity index (χ1v) is 2.66. The number of halogens is 2. The maximum atomic E-state index is 11.3. The van der Waals surface area contributed by atoms with Crippen molar-refractivity contribution < 1.29 is 13.9 Å². The maximum absolute atomic E-state index is 11.3. The summed E-state index contributed by atoms with van der Waals surface area (Å²) in [5.41, 5.74) is 0. The van der Waals surface area contributed by atoms with E-state index in [1.54, 1.807) is 0 Å². The third kappa shape index (κ3) is 5.82. The second kappa shape index (κ2) is 4.97. The van der Waals surface area contributed by atoms with E-state index < -0.39 is 6.43 Å². The molecule has 0 aliphatic carbocycles. The molecule has 0 aromatic heterocycles. The van der Waals surface area contributed by atoms with Gasteiger partial charge < -0.3 is 5.11 Å². The number of aliphatic hydroxyl groups excluding tert-OH is 1. The highest BCUT2D eigenvalue weighted by atomic mass is 19.3. The molecular formula is C5H10F2O. The molecule has 0 heterocycles. The fourth-order valence-corrected chi connectivity index (χ4v) is 0.410. The van der Waals surface area contributed by atoms with Gasteiger partial charge in [0.15, 0.2) is 0 Å². The highest BCUT2D eigenvalue weighted by Crippen LogP contribution is 2.03. The molecule has 0 saturated heterocycles. The van der Waals surface area contributed by atoms with Crippen molar-refractivity contribution in [2.45, 2.75) is 25.7 Å². The highest BCUT2D eigenvalue weighted by molar-refractivity contribution is 4.41. The maximum Gasteiger partial charge on any atom is 0.238 e. The molecule has 0 aromatic carbocycles. The lowest BCUT2D eigenvalue weighted by atomic mass is 10.2. The van der Waals surface area contributed by atoms with Crippen LogP contribution in [0.4, 0.5) is 8.78 Å². The number of rotatable bonds is 4. The van der Waals surface area contributed by atoms with Crippen LogP contribution in [0.3, 0.4) is 0 Å². The van der Waals surface area contributed by atoms with Gasteiger partial charge in [0, 0.05) is 13.0 Å². The number of hydrogen-bond acceptors (Lipinski definition) is 1. The molecule has 0 fully saturated rings. The van der Waals surface area contributed by atoms with Crippen LogP contribution < -0.4 is 0 Å². The van der Waals surface area contributed by atoms with Crippen molar-refractivity contribution in [1.29, 1.82) is 0 Å². The van der Waals surface area contributed by atoms with Gasteiger partial charge in [-0.15, -0.1) is 0 Å². The SMILES string of the molecule is OCCCCC(F)F. The number of hydrogen-bond donors (Lipinski definition) is 1. The first-order valence-electron chi connectivity index (χ1n) is 2.66. The molecule has 1 nitrogen and oxygen atoms in total. The van der Waals surface area contributed by atoms with Crippen molar-refractivity contribution in [1.82, 2.24) is 0 Å². The Kier molecular flexibility index (Phi) is 4.85. The Bertz CT molecular complexity index is 47.7. The van der Waals surface area contributed by atoms with Crippen molar-refractivity contribution in [3.8, 4) is 0 Å². The molecule has 0 saturated carbocycles. The molecule has 0 unspecified atom stereocenters. The first-order chi connectivity index (χ1) is 3.77. The minimum Gasteiger partial charge on any atom is -0.396 e. The normalized spacial score (nSPS) is 10.5. The molecule has 0 rings (SSSR count). The molecule has 3 heteroatoms. The van der Waals surface area contributed by atoms with Crippen LogP contribution in [0, 0.1) is 0 Å². The van der Waals surface area contributed by atoms with Crippen LogP contribution in [-0.2, 0) is 0 Å². The van der Waals surface area contributed by atoms with Crippen LogP contribution in [0.15, 0.2) is 0 Å². The van der Waals surface area contributed by atoms with E-state index in [2.05, 4.69) is 0 Å². The molecule has 1 N–H and O–H groups in total. The van der Waals surface area contributed by atoms with Crippen molar-refractivity contribution in [3.05, 3.63) is 0 Å². The van der Waals surface area contributed by atoms with Crippen LogP contribution in [0.2, 0.25) is 0 Å². The third-order valence-electron chi connectivity index (χ3n) is 0.830. The molecule has 0 aromatic rings. The lowest BCUT2D eigenvalue weighted by molar-refractivity contribution is 0.131. The van der Waals surface area contributed by atoms with Crippen LogP contribution >= 0.6 is 0 Å². The van der Waals surface area contributed by atoms with Gasteiger partial charge in [-0.2, -0.15) is 0 Å². The van der Waals surface area contributed by atoms with Gasteiger partial charge in [0.2, 0.25) is 6.43 Å². The summed E-state index contributed by atoms with van der Waals surface area (Å²) in [5, 5.41) is 8.13. The lowest BCUT2D eigenvalue weighted by Gasteiger charge is -1.94. The fourth-order valence-electron chi connectivity index (χ4n) is 0.410. The van der Waals surface area contributed by atoms with Crippen molar-refractivity contribution >= 4 is 0 Å². The average Bonchev–Trinajstić information content (AvgIpc) is 1.66. The lowest BCUT2D eigenvalue weighted by Crippen LogP contribution is -1.90. The predicted molar refractivity (Wildman–Crippen MR) is 26.9 cm³/mol. The standard InChI is InChI=1S/C5H10F2O/c6-5(7)3-1-2-4-8/h5,8H,1-4H2. The van der Waals surface area contributed by atoms with Crippen LogP contribution in [0.25, 0.3) is 0 Å². The Hall–Kier alpha value is -0.180. The van der Waals surface area contributed by atoms with Gasteiger partial charge in [0.25, 0.3) is 0 Å². The quantitative estimate of drug-likeness (QED) is 0.562. The largest absolute Gasteiger partial charge is 0.396 e. The summed E-state index contributed by atoms with van der Waals surface area (Å²) in [7, 11) is 0. The van der Waals surface area contributed by atoms with Crippen molar-refractivity contribution in [2.24, 2.45) is 0 Å². The molecule has 0 aliphatic heterocycles. The summed E-state index contributed by atoms with van der Waals surface area (Å²) < 4.78 is 22.6. The van der Waals surface area contributed by atoms with E-state index in [-0.39, 0.29) is 13.0 Å². The van der Waals surface area contributed by atoms with Gasteiger partial charge >= 0.3 is 0 Å². The first kappa shape index (κ1) is 7.82. The topological polar surface area (TPSA) is 20.2 Å². The van der Waals surface area contributed by atoms with Gasteiger partial charge in [-0.3, -0.25) is 0 Å². The Labute approximate surface area is 47.3 Å². The van der Waals surface area contributed by atoms with Crippen molar-refractivity contribution in [2.75, 3.05) is 6.61 Å². The van der Waals surface area contributed by atoms with Crippen LogP contribution in [0.1, 0.15) is 19.3 Å². The monoisotopic (exact) mass is 124 g/mol. The van der Waals surface area contributed by atoms with E-state index in [1.165, 1.54) is 0 Å². The Morgan fingerprint density at radius 3 is 2.25 bits per heavy atom. The number of aliphatic hydroxyl groups is 1. The zero-order chi connectivity index (χ0) is 6.41. The average molecular weight is 124 g/mol. The minimum absolute atomic E-state index is 0.0206. The van der Waals surface area contributed by atoms with Gasteiger partial charge in [-0.25, -0.2) is 8.78 Å². The minimum atomic E-state index is -2.21. The summed E-state index contributed by atoms with van der Waals surface area (Å²) >= 11 is 0. The van der Waals surface area contributed by atoms with Crippen LogP contribution in [0.5, 0.6) is 0 Å². The molecule has 0 aliphatic rings. The summed E-state index contributed by atoms with van der Waals surface area (Å²) in [4.78, 5) is 0. The Balaban J connectivity index is 2.72. The fraction of sp³-hybridized carbons (Fsp3) is 1.00. The van der Waals surface area contributed by atoms with Gasteiger partial charge in [-0.05, 0) is 12.8 Å². The molecule has 0 bridgehead atoms. The number of alkyl halides is 2. The molecule has 8 heavy (non-hydrogen) atoms. The van der Waals surface area contributed by atoms with E-state index in [4.69, 9.17) is 5.11 Å². The van der Waals surface area contributed by atoms with E-state index >= 15 is 0 Å². The third-order valence-corrected chi connectivity index (χ3v) is 0.830. The zero-order valence-electron chi connectivity index (χ0n) is 4.61. The zero-order valence-corrected chi connectivity index (χ0v) is 4.61. The number of unbranched alkanes of at least 4 members (excludes halogenated alkanes) is 1. The summed E-state index contributed by atoms with van der Waals surface area (Å²) in [6, 6.07) is 0. The van der Waals surface area contributed by atoms with Gasteiger partial charge in [0.05, 0.1) is 0 Å².